The van der Waals surface area contributed by atoms with Crippen LogP contribution in [0, 0.1) is 11.6 Å². The molecule has 0 aliphatic carbocycles. The van der Waals surface area contributed by atoms with Crippen LogP contribution >= 0.6 is 23.1 Å². The zero-order chi connectivity index (χ0) is 17.5. The summed E-state index contributed by atoms with van der Waals surface area (Å²) < 4.78 is 27.1. The van der Waals surface area contributed by atoms with Gasteiger partial charge < -0.3 is 10.6 Å². The Morgan fingerprint density at radius 3 is 2.88 bits per heavy atom. The number of rotatable bonds is 8. The van der Waals surface area contributed by atoms with Gasteiger partial charge in [0.1, 0.15) is 11.6 Å². The van der Waals surface area contributed by atoms with Crippen molar-refractivity contribution in [3.63, 3.8) is 0 Å². The SMILES string of the molecule is CCCCNc1nnc(S[C@H](C)C(=O)Nc2ccc(F)cc2F)s1. The van der Waals surface area contributed by atoms with E-state index in [1.165, 1.54) is 29.2 Å². The first-order valence-corrected chi connectivity index (χ1v) is 9.19. The molecule has 9 heteroatoms. The van der Waals surface area contributed by atoms with Gasteiger partial charge in [-0.25, -0.2) is 8.78 Å². The van der Waals surface area contributed by atoms with Gasteiger partial charge in [0.25, 0.3) is 0 Å². The molecule has 1 amide bonds. The van der Waals surface area contributed by atoms with Crippen molar-refractivity contribution in [2.75, 3.05) is 17.2 Å². The Balaban J connectivity index is 1.89. The van der Waals surface area contributed by atoms with Crippen LogP contribution in [0.4, 0.5) is 19.6 Å². The summed E-state index contributed by atoms with van der Waals surface area (Å²) in [5.74, 6) is -1.88. The summed E-state index contributed by atoms with van der Waals surface area (Å²) in [5, 5.41) is 13.9. The molecule has 0 radical (unpaired) electrons. The van der Waals surface area contributed by atoms with E-state index in [0.717, 1.165) is 31.5 Å². The van der Waals surface area contributed by atoms with E-state index in [9.17, 15) is 13.6 Å². The van der Waals surface area contributed by atoms with Crippen LogP contribution in [-0.4, -0.2) is 27.9 Å². The van der Waals surface area contributed by atoms with Crippen molar-refractivity contribution in [1.29, 1.82) is 0 Å². The van der Waals surface area contributed by atoms with Crippen LogP contribution in [0.5, 0.6) is 0 Å². The highest BCUT2D eigenvalue weighted by Crippen LogP contribution is 2.29. The minimum absolute atomic E-state index is 0.0481. The van der Waals surface area contributed by atoms with Crippen LogP contribution in [0.3, 0.4) is 0 Å². The third-order valence-electron chi connectivity index (χ3n) is 3.05. The molecule has 0 unspecified atom stereocenters. The quantitative estimate of drug-likeness (QED) is 0.538. The van der Waals surface area contributed by atoms with Crippen molar-refractivity contribution in [1.82, 2.24) is 10.2 Å². The Kier molecular flexibility index (Phi) is 6.92. The van der Waals surface area contributed by atoms with Gasteiger partial charge in [-0.1, -0.05) is 36.4 Å². The van der Waals surface area contributed by atoms with E-state index in [-0.39, 0.29) is 11.6 Å². The van der Waals surface area contributed by atoms with Gasteiger partial charge in [-0.15, -0.1) is 10.2 Å². The van der Waals surface area contributed by atoms with Crippen LogP contribution in [0.2, 0.25) is 0 Å². The van der Waals surface area contributed by atoms with E-state index in [4.69, 9.17) is 0 Å². The molecule has 0 fully saturated rings. The maximum atomic E-state index is 13.6. The summed E-state index contributed by atoms with van der Waals surface area (Å²) >= 11 is 2.60. The number of amides is 1. The number of nitrogens with zero attached hydrogens (tertiary/aromatic N) is 2. The summed E-state index contributed by atoms with van der Waals surface area (Å²) in [6.45, 7) is 4.62. The molecule has 0 saturated heterocycles. The van der Waals surface area contributed by atoms with Crippen molar-refractivity contribution in [2.24, 2.45) is 0 Å². The lowest BCUT2D eigenvalue weighted by Crippen LogP contribution is -2.22. The lowest BCUT2D eigenvalue weighted by atomic mass is 10.3. The Labute approximate surface area is 147 Å². The molecule has 130 valence electrons. The summed E-state index contributed by atoms with van der Waals surface area (Å²) in [7, 11) is 0. The van der Waals surface area contributed by atoms with Crippen molar-refractivity contribution < 1.29 is 13.6 Å². The number of nitrogens with one attached hydrogen (secondary N) is 2. The smallest absolute Gasteiger partial charge is 0.237 e. The molecule has 2 rings (SSSR count). The fourth-order valence-corrected chi connectivity index (χ4v) is 3.65. The second kappa shape index (κ2) is 8.93. The lowest BCUT2D eigenvalue weighted by molar-refractivity contribution is -0.115. The van der Waals surface area contributed by atoms with Crippen LogP contribution in [0.25, 0.3) is 0 Å². The van der Waals surface area contributed by atoms with E-state index < -0.39 is 16.9 Å². The fraction of sp³-hybridized carbons (Fsp3) is 0.400. The molecule has 0 spiro atoms. The summed E-state index contributed by atoms with van der Waals surface area (Å²) in [5.41, 5.74) is -0.0481. The molecule has 0 aliphatic heterocycles. The van der Waals surface area contributed by atoms with Gasteiger partial charge in [0, 0.05) is 12.6 Å². The van der Waals surface area contributed by atoms with Crippen LogP contribution < -0.4 is 10.6 Å². The Morgan fingerprint density at radius 2 is 2.17 bits per heavy atom. The van der Waals surface area contributed by atoms with E-state index in [1.54, 1.807) is 6.92 Å². The number of thioether (sulfide) groups is 1. The van der Waals surface area contributed by atoms with Gasteiger partial charge >= 0.3 is 0 Å². The lowest BCUT2D eigenvalue weighted by Gasteiger charge is -2.10. The molecule has 0 saturated carbocycles. The van der Waals surface area contributed by atoms with Crippen molar-refractivity contribution >= 4 is 39.8 Å². The number of unbranched alkanes of at least 4 members (excludes halogenated alkanes) is 1. The predicted molar refractivity (Wildman–Crippen MR) is 93.6 cm³/mol. The van der Waals surface area contributed by atoms with Gasteiger partial charge in [0.05, 0.1) is 10.9 Å². The molecule has 0 bridgehead atoms. The topological polar surface area (TPSA) is 66.9 Å². The Bertz CT molecular complexity index is 696. The molecular weight excluding hydrogens is 354 g/mol. The van der Waals surface area contributed by atoms with E-state index >= 15 is 0 Å². The highest BCUT2D eigenvalue weighted by molar-refractivity contribution is 8.02. The molecular formula is C15H18F2N4OS2. The molecule has 0 aliphatic rings. The number of hydrogen-bond donors (Lipinski definition) is 2. The van der Waals surface area contributed by atoms with Gasteiger partial charge in [0.15, 0.2) is 4.34 Å². The summed E-state index contributed by atoms with van der Waals surface area (Å²) in [6, 6.07) is 3.02. The summed E-state index contributed by atoms with van der Waals surface area (Å²) in [4.78, 5) is 12.1. The standard InChI is InChI=1S/C15H18F2N4OS2/c1-3-4-7-18-14-20-21-15(24-14)23-9(2)13(22)19-12-6-5-10(16)8-11(12)17/h5-6,8-9H,3-4,7H2,1-2H3,(H,18,20)(H,19,22)/t9-/m1/s1. The van der Waals surface area contributed by atoms with Crippen molar-refractivity contribution in [3.8, 4) is 0 Å². The third-order valence-corrected chi connectivity index (χ3v) is 5.11. The Hall–Kier alpha value is -1.74. The molecule has 2 aromatic rings. The number of hydrogen-bond acceptors (Lipinski definition) is 6. The fourth-order valence-electron chi connectivity index (χ4n) is 1.73. The monoisotopic (exact) mass is 372 g/mol. The zero-order valence-electron chi connectivity index (χ0n) is 13.3. The summed E-state index contributed by atoms with van der Waals surface area (Å²) in [6.07, 6.45) is 2.13. The normalized spacial score (nSPS) is 12.0. The largest absolute Gasteiger partial charge is 0.360 e. The molecule has 24 heavy (non-hydrogen) atoms. The first-order valence-electron chi connectivity index (χ1n) is 7.49. The average Bonchev–Trinajstić information content (AvgIpc) is 2.97. The molecule has 1 atom stereocenters. The Morgan fingerprint density at radius 1 is 1.38 bits per heavy atom. The predicted octanol–water partition coefficient (Wildman–Crippen LogP) is 4.15. The minimum atomic E-state index is -0.807. The van der Waals surface area contributed by atoms with E-state index in [0.29, 0.717) is 9.47 Å². The minimum Gasteiger partial charge on any atom is -0.360 e. The highest BCUT2D eigenvalue weighted by atomic mass is 32.2. The van der Waals surface area contributed by atoms with Gasteiger partial charge in [0.2, 0.25) is 11.0 Å². The number of anilines is 2. The van der Waals surface area contributed by atoms with Crippen LogP contribution in [0.15, 0.2) is 22.5 Å². The molecule has 5 nitrogen and oxygen atoms in total. The van der Waals surface area contributed by atoms with E-state index in [1.807, 2.05) is 0 Å². The average molecular weight is 372 g/mol. The van der Waals surface area contributed by atoms with Gasteiger partial charge in [-0.05, 0) is 25.5 Å². The second-order valence-electron chi connectivity index (χ2n) is 5.03. The van der Waals surface area contributed by atoms with Gasteiger partial charge in [-0.3, -0.25) is 4.79 Å². The number of benzene rings is 1. The van der Waals surface area contributed by atoms with Gasteiger partial charge in [-0.2, -0.15) is 0 Å². The second-order valence-corrected chi connectivity index (χ2v) is 7.59. The van der Waals surface area contributed by atoms with E-state index in [2.05, 4.69) is 27.8 Å². The van der Waals surface area contributed by atoms with Crippen LogP contribution in [-0.2, 0) is 4.79 Å². The van der Waals surface area contributed by atoms with Crippen molar-refractivity contribution in [2.45, 2.75) is 36.3 Å². The maximum Gasteiger partial charge on any atom is 0.237 e. The first-order chi connectivity index (χ1) is 11.5. The van der Waals surface area contributed by atoms with Crippen LogP contribution in [0.1, 0.15) is 26.7 Å². The maximum absolute atomic E-state index is 13.6. The number of carbonyl (C=O) groups excluding carboxylic acids is 1. The highest BCUT2D eigenvalue weighted by Gasteiger charge is 2.18. The zero-order valence-corrected chi connectivity index (χ0v) is 14.9. The molecule has 1 aromatic carbocycles. The molecule has 1 heterocycles. The molecule has 2 N–H and O–H groups in total. The number of aromatic nitrogens is 2. The molecule has 1 aromatic heterocycles. The van der Waals surface area contributed by atoms with Crippen molar-refractivity contribution in [3.05, 3.63) is 29.8 Å². The third kappa shape index (κ3) is 5.41. The number of carbonyl (C=O) groups is 1. The number of halogens is 2. The first kappa shape index (κ1) is 18.6.